The van der Waals surface area contributed by atoms with Crippen LogP contribution in [0.3, 0.4) is 0 Å². The summed E-state index contributed by atoms with van der Waals surface area (Å²) in [4.78, 5) is 26.0. The van der Waals surface area contributed by atoms with Crippen LogP contribution in [0.15, 0.2) is 34.2 Å². The van der Waals surface area contributed by atoms with Gasteiger partial charge < -0.3 is 15.0 Å². The molecule has 1 amide bonds. The number of nitrogens with zero attached hydrogens (tertiary/aromatic N) is 3. The topological polar surface area (TPSA) is 92.2 Å². The van der Waals surface area contributed by atoms with Crippen molar-refractivity contribution >= 4 is 29.0 Å². The second-order valence-corrected chi connectivity index (χ2v) is 7.07. The van der Waals surface area contributed by atoms with Crippen molar-refractivity contribution < 1.29 is 9.53 Å². The van der Waals surface area contributed by atoms with Crippen LogP contribution in [-0.4, -0.2) is 52.2 Å². The van der Waals surface area contributed by atoms with Crippen molar-refractivity contribution in [1.29, 1.82) is 0 Å². The predicted molar refractivity (Wildman–Crippen MR) is 97.3 cm³/mol. The van der Waals surface area contributed by atoms with Crippen LogP contribution < -0.4 is 15.9 Å². The number of ether oxygens (including phenoxy) is 1. The zero-order valence-corrected chi connectivity index (χ0v) is 15.0. The molecule has 2 aromatic rings. The molecule has 0 bridgehead atoms. The zero-order chi connectivity index (χ0) is 17.8. The molecule has 8 nitrogen and oxygen atoms in total. The number of H-pyrrole nitrogens is 1. The summed E-state index contributed by atoms with van der Waals surface area (Å²) < 4.78 is 6.73. The lowest BCUT2D eigenvalue weighted by molar-refractivity contribution is -0.115. The van der Waals surface area contributed by atoms with Gasteiger partial charge in [0.15, 0.2) is 5.16 Å². The van der Waals surface area contributed by atoms with Crippen molar-refractivity contribution in [2.75, 3.05) is 36.5 Å². The quantitative estimate of drug-likeness (QED) is 0.772. The maximum Gasteiger partial charge on any atom is 0.343 e. The number of amides is 1. The second-order valence-electron chi connectivity index (χ2n) is 5.77. The zero-order valence-electron chi connectivity index (χ0n) is 14.2. The second kappa shape index (κ2) is 7.75. The van der Waals surface area contributed by atoms with E-state index in [1.807, 2.05) is 24.3 Å². The number of nitrogens with one attached hydrogen (secondary N) is 2. The molecule has 0 aliphatic carbocycles. The molecule has 0 spiro atoms. The number of rotatable bonds is 5. The fourth-order valence-corrected chi connectivity index (χ4v) is 3.29. The third-order valence-corrected chi connectivity index (χ3v) is 5.14. The lowest BCUT2D eigenvalue weighted by atomic mass is 10.2. The first kappa shape index (κ1) is 17.6. The average molecular weight is 363 g/mol. The minimum Gasteiger partial charge on any atom is -0.378 e. The summed E-state index contributed by atoms with van der Waals surface area (Å²) in [5.41, 5.74) is 1.56. The largest absolute Gasteiger partial charge is 0.378 e. The van der Waals surface area contributed by atoms with E-state index >= 15 is 0 Å². The molecule has 1 aliphatic heterocycles. The normalized spacial score (nSPS) is 15.8. The van der Waals surface area contributed by atoms with E-state index in [0.717, 1.165) is 37.7 Å². The number of anilines is 2. The molecule has 2 heterocycles. The van der Waals surface area contributed by atoms with Crippen molar-refractivity contribution in [3.63, 3.8) is 0 Å². The van der Waals surface area contributed by atoms with Crippen LogP contribution in [0.2, 0.25) is 0 Å². The van der Waals surface area contributed by atoms with Gasteiger partial charge in [-0.2, -0.15) is 0 Å². The molecule has 1 aromatic carbocycles. The first-order chi connectivity index (χ1) is 12.0. The fourth-order valence-electron chi connectivity index (χ4n) is 2.47. The summed E-state index contributed by atoms with van der Waals surface area (Å²) in [5.74, 6) is -0.139. The summed E-state index contributed by atoms with van der Waals surface area (Å²) in [6.07, 6.45) is 0. The summed E-state index contributed by atoms with van der Waals surface area (Å²) in [6, 6.07) is 7.78. The van der Waals surface area contributed by atoms with Crippen LogP contribution in [0.5, 0.6) is 0 Å². The lowest BCUT2D eigenvalue weighted by Crippen LogP contribution is -2.36. The molecule has 25 heavy (non-hydrogen) atoms. The molecule has 3 rings (SSSR count). The molecule has 134 valence electrons. The Morgan fingerprint density at radius 1 is 1.32 bits per heavy atom. The number of morpholine rings is 1. The summed E-state index contributed by atoms with van der Waals surface area (Å²) >= 11 is 1.23. The first-order valence-electron chi connectivity index (χ1n) is 8.06. The van der Waals surface area contributed by atoms with Crippen LogP contribution in [0.1, 0.15) is 6.92 Å². The molecular formula is C16H21N5O3S. The highest BCUT2D eigenvalue weighted by atomic mass is 32.2. The Hall–Kier alpha value is -2.26. The lowest BCUT2D eigenvalue weighted by Gasteiger charge is -2.28. The Balaban J connectivity index is 1.58. The van der Waals surface area contributed by atoms with Gasteiger partial charge in [0.1, 0.15) is 0 Å². The van der Waals surface area contributed by atoms with E-state index < -0.39 is 0 Å². The molecule has 0 saturated carbocycles. The number of aromatic nitrogens is 3. The summed E-state index contributed by atoms with van der Waals surface area (Å²) in [7, 11) is 1.61. The van der Waals surface area contributed by atoms with Crippen LogP contribution >= 0.6 is 11.8 Å². The molecular weight excluding hydrogens is 342 g/mol. The average Bonchev–Trinajstić information content (AvgIpc) is 2.95. The Labute approximate surface area is 149 Å². The maximum atomic E-state index is 12.3. The minimum absolute atomic E-state index is 0.139. The first-order valence-corrected chi connectivity index (χ1v) is 8.94. The maximum absolute atomic E-state index is 12.3. The van der Waals surface area contributed by atoms with Crippen molar-refractivity contribution in [3.05, 3.63) is 34.7 Å². The van der Waals surface area contributed by atoms with Gasteiger partial charge >= 0.3 is 5.69 Å². The third-order valence-electron chi connectivity index (χ3n) is 4.00. The predicted octanol–water partition coefficient (Wildman–Crippen LogP) is 1.06. The fraction of sp³-hybridized carbons (Fsp3) is 0.438. The van der Waals surface area contributed by atoms with Crippen LogP contribution in [0.25, 0.3) is 0 Å². The van der Waals surface area contributed by atoms with Gasteiger partial charge in [0.25, 0.3) is 0 Å². The van der Waals surface area contributed by atoms with Crippen molar-refractivity contribution in [2.45, 2.75) is 17.3 Å². The van der Waals surface area contributed by atoms with Crippen LogP contribution in [0, 0.1) is 0 Å². The molecule has 1 aliphatic rings. The number of aromatic amines is 1. The van der Waals surface area contributed by atoms with Gasteiger partial charge in [-0.05, 0) is 31.2 Å². The number of thioether (sulfide) groups is 1. The van der Waals surface area contributed by atoms with E-state index in [4.69, 9.17) is 4.74 Å². The van der Waals surface area contributed by atoms with Crippen LogP contribution in [-0.2, 0) is 16.6 Å². The number of carbonyl (C=O) groups excluding carboxylic acids is 1. The standard InChI is InChI=1S/C16H21N5O3S/c1-11(25-16-19-18-15(23)20(16)2)14(22)17-12-3-5-13(6-4-12)21-7-9-24-10-8-21/h3-6,11H,7-10H2,1-2H3,(H,17,22)(H,18,23)/t11-/m0/s1. The Bertz CT molecular complexity index is 780. The Morgan fingerprint density at radius 2 is 2.00 bits per heavy atom. The van der Waals surface area contributed by atoms with E-state index in [-0.39, 0.29) is 16.8 Å². The van der Waals surface area contributed by atoms with Gasteiger partial charge in [-0.25, -0.2) is 9.89 Å². The van der Waals surface area contributed by atoms with Gasteiger partial charge in [0.2, 0.25) is 5.91 Å². The molecule has 2 N–H and O–H groups in total. The number of hydrogen-bond acceptors (Lipinski definition) is 6. The van der Waals surface area contributed by atoms with Crippen molar-refractivity contribution in [2.24, 2.45) is 7.05 Å². The molecule has 1 saturated heterocycles. The number of benzene rings is 1. The molecule has 1 fully saturated rings. The number of hydrogen-bond donors (Lipinski definition) is 2. The summed E-state index contributed by atoms with van der Waals surface area (Å²) in [5, 5.41) is 9.25. The van der Waals surface area contributed by atoms with Gasteiger partial charge in [-0.1, -0.05) is 11.8 Å². The van der Waals surface area contributed by atoms with Gasteiger partial charge in [0, 0.05) is 31.5 Å². The van der Waals surface area contributed by atoms with Gasteiger partial charge in [-0.3, -0.25) is 9.36 Å². The monoisotopic (exact) mass is 363 g/mol. The van der Waals surface area contributed by atoms with Crippen molar-refractivity contribution in [3.8, 4) is 0 Å². The molecule has 0 radical (unpaired) electrons. The highest BCUT2D eigenvalue weighted by Gasteiger charge is 2.18. The van der Waals surface area contributed by atoms with E-state index in [1.165, 1.54) is 16.3 Å². The van der Waals surface area contributed by atoms with E-state index in [1.54, 1.807) is 14.0 Å². The van der Waals surface area contributed by atoms with E-state index in [2.05, 4.69) is 20.4 Å². The Morgan fingerprint density at radius 3 is 2.60 bits per heavy atom. The SMILES string of the molecule is C[C@H](Sc1n[nH]c(=O)n1C)C(=O)Nc1ccc(N2CCOCC2)cc1. The molecule has 1 atom stereocenters. The minimum atomic E-state index is -0.382. The van der Waals surface area contributed by atoms with Gasteiger partial charge in [-0.15, -0.1) is 5.10 Å². The molecule has 1 aromatic heterocycles. The highest BCUT2D eigenvalue weighted by Crippen LogP contribution is 2.22. The smallest absolute Gasteiger partial charge is 0.343 e. The Kier molecular flexibility index (Phi) is 5.44. The third kappa shape index (κ3) is 4.23. The molecule has 9 heteroatoms. The van der Waals surface area contributed by atoms with Crippen molar-refractivity contribution in [1.82, 2.24) is 14.8 Å². The van der Waals surface area contributed by atoms with Crippen LogP contribution in [0.4, 0.5) is 11.4 Å². The molecule has 0 unspecified atom stereocenters. The summed E-state index contributed by atoms with van der Waals surface area (Å²) in [6.45, 7) is 5.01. The number of carbonyl (C=O) groups is 1. The van der Waals surface area contributed by atoms with E-state index in [9.17, 15) is 9.59 Å². The van der Waals surface area contributed by atoms with Gasteiger partial charge in [0.05, 0.1) is 18.5 Å². The highest BCUT2D eigenvalue weighted by molar-refractivity contribution is 8.00. The van der Waals surface area contributed by atoms with E-state index in [0.29, 0.717) is 5.16 Å².